The second kappa shape index (κ2) is 9.92. The Bertz CT molecular complexity index is 1110. The summed E-state index contributed by atoms with van der Waals surface area (Å²) in [7, 11) is -3.79. The van der Waals surface area contributed by atoms with Gasteiger partial charge in [-0.1, -0.05) is 23.2 Å². The Morgan fingerprint density at radius 2 is 1.81 bits per heavy atom. The van der Waals surface area contributed by atoms with Crippen molar-refractivity contribution in [3.05, 3.63) is 57.8 Å². The molecule has 1 fully saturated rings. The first kappa shape index (κ1) is 23.4. The molecule has 166 valence electrons. The van der Waals surface area contributed by atoms with E-state index < -0.39 is 34.3 Å². The Balaban J connectivity index is 1.67. The van der Waals surface area contributed by atoms with Gasteiger partial charge in [0.2, 0.25) is 10.0 Å². The van der Waals surface area contributed by atoms with Crippen LogP contribution in [0.25, 0.3) is 0 Å². The molecule has 1 heterocycles. The quantitative estimate of drug-likeness (QED) is 0.624. The summed E-state index contributed by atoms with van der Waals surface area (Å²) < 4.78 is 49.9. The number of sulfonamides is 1. The number of nitrogens with zero attached hydrogens (tertiary/aromatic N) is 1. The fourth-order valence-electron chi connectivity index (χ4n) is 2.75. The molecule has 31 heavy (non-hydrogen) atoms. The Kier molecular flexibility index (Phi) is 7.50. The van der Waals surface area contributed by atoms with Crippen molar-refractivity contribution in [3.63, 3.8) is 0 Å². The third kappa shape index (κ3) is 5.72. The summed E-state index contributed by atoms with van der Waals surface area (Å²) in [5, 5.41) is 2.35. The monoisotopic (exact) mass is 490 g/mol. The SMILES string of the molecule is O=C(COC(=O)c1ccc(F)cc1Cl)Nc1cc(S(=O)(=O)N2CCOCC2)ccc1Cl. The van der Waals surface area contributed by atoms with Crippen molar-refractivity contribution in [1.29, 1.82) is 0 Å². The molecule has 0 radical (unpaired) electrons. The molecule has 2 aromatic carbocycles. The average molecular weight is 491 g/mol. The van der Waals surface area contributed by atoms with Crippen LogP contribution in [-0.4, -0.2) is 57.5 Å². The van der Waals surface area contributed by atoms with Crippen molar-refractivity contribution in [3.8, 4) is 0 Å². The van der Waals surface area contributed by atoms with E-state index in [1.165, 1.54) is 22.5 Å². The standard InChI is InChI=1S/C19H17Cl2FN2O6S/c20-15-4-2-13(31(27,28)24-5-7-29-8-6-24)10-17(15)23-18(25)11-30-19(26)14-3-1-12(22)9-16(14)21/h1-4,9-10H,5-8,11H2,(H,23,25). The largest absolute Gasteiger partial charge is 0.452 e. The van der Waals surface area contributed by atoms with E-state index in [0.29, 0.717) is 13.2 Å². The lowest BCUT2D eigenvalue weighted by Gasteiger charge is -2.26. The van der Waals surface area contributed by atoms with E-state index in [1.54, 1.807) is 0 Å². The van der Waals surface area contributed by atoms with Gasteiger partial charge in [-0.05, 0) is 36.4 Å². The zero-order chi connectivity index (χ0) is 22.6. The molecule has 2 aromatic rings. The molecule has 1 amide bonds. The summed E-state index contributed by atoms with van der Waals surface area (Å²) in [4.78, 5) is 24.2. The number of ether oxygens (including phenoxy) is 2. The highest BCUT2D eigenvalue weighted by molar-refractivity contribution is 7.89. The molecule has 3 rings (SSSR count). The van der Waals surface area contributed by atoms with Gasteiger partial charge in [-0.15, -0.1) is 0 Å². The maximum absolute atomic E-state index is 13.1. The van der Waals surface area contributed by atoms with Crippen molar-refractivity contribution in [1.82, 2.24) is 4.31 Å². The zero-order valence-electron chi connectivity index (χ0n) is 15.9. The van der Waals surface area contributed by atoms with E-state index in [2.05, 4.69) is 5.32 Å². The second-order valence-corrected chi connectivity index (χ2v) is 9.16. The van der Waals surface area contributed by atoms with E-state index in [1.807, 2.05) is 0 Å². The van der Waals surface area contributed by atoms with Gasteiger partial charge < -0.3 is 14.8 Å². The van der Waals surface area contributed by atoms with Crippen LogP contribution in [0.2, 0.25) is 10.0 Å². The number of hydrogen-bond donors (Lipinski definition) is 1. The van der Waals surface area contributed by atoms with Crippen LogP contribution in [0, 0.1) is 5.82 Å². The highest BCUT2D eigenvalue weighted by atomic mass is 35.5. The van der Waals surface area contributed by atoms with Crippen LogP contribution in [0.3, 0.4) is 0 Å². The molecule has 1 aliphatic rings. The summed E-state index contributed by atoms with van der Waals surface area (Å²) in [6.07, 6.45) is 0. The van der Waals surface area contributed by atoms with Crippen LogP contribution in [0.5, 0.6) is 0 Å². The third-order valence-corrected chi connectivity index (χ3v) is 6.84. The van der Waals surface area contributed by atoms with Gasteiger partial charge in [-0.3, -0.25) is 4.79 Å². The molecule has 0 saturated carbocycles. The number of carbonyl (C=O) groups is 2. The topological polar surface area (TPSA) is 102 Å². The molecule has 0 bridgehead atoms. The lowest BCUT2D eigenvalue weighted by molar-refractivity contribution is -0.119. The number of halogens is 3. The maximum Gasteiger partial charge on any atom is 0.340 e. The lowest BCUT2D eigenvalue weighted by Crippen LogP contribution is -2.40. The Morgan fingerprint density at radius 3 is 2.48 bits per heavy atom. The molecule has 1 aliphatic heterocycles. The molecule has 8 nitrogen and oxygen atoms in total. The van der Waals surface area contributed by atoms with Gasteiger partial charge in [0.25, 0.3) is 5.91 Å². The van der Waals surface area contributed by atoms with Crippen molar-refractivity contribution in [2.75, 3.05) is 38.2 Å². The van der Waals surface area contributed by atoms with Crippen molar-refractivity contribution >= 4 is 50.8 Å². The summed E-state index contributed by atoms with van der Waals surface area (Å²) in [5.41, 5.74) is -0.0654. The number of esters is 1. The van der Waals surface area contributed by atoms with Gasteiger partial charge >= 0.3 is 5.97 Å². The number of benzene rings is 2. The summed E-state index contributed by atoms with van der Waals surface area (Å²) in [6.45, 7) is 0.326. The molecule has 0 spiro atoms. The first-order valence-corrected chi connectivity index (χ1v) is 11.2. The van der Waals surface area contributed by atoms with Gasteiger partial charge in [0.05, 0.1) is 39.4 Å². The fraction of sp³-hybridized carbons (Fsp3) is 0.263. The van der Waals surface area contributed by atoms with E-state index in [4.69, 9.17) is 32.7 Å². The second-order valence-electron chi connectivity index (χ2n) is 6.41. The average Bonchev–Trinajstić information content (AvgIpc) is 2.74. The first-order valence-electron chi connectivity index (χ1n) is 8.98. The van der Waals surface area contributed by atoms with Crippen LogP contribution in [0.15, 0.2) is 41.3 Å². The van der Waals surface area contributed by atoms with Gasteiger partial charge in [-0.2, -0.15) is 4.31 Å². The number of amides is 1. The predicted octanol–water partition coefficient (Wildman–Crippen LogP) is 2.95. The predicted molar refractivity (Wildman–Crippen MR) is 111 cm³/mol. The van der Waals surface area contributed by atoms with Crippen LogP contribution in [-0.2, 0) is 24.3 Å². The zero-order valence-corrected chi connectivity index (χ0v) is 18.3. The minimum atomic E-state index is -3.79. The number of hydrogen-bond acceptors (Lipinski definition) is 6. The van der Waals surface area contributed by atoms with Crippen LogP contribution < -0.4 is 5.32 Å². The normalized spacial score (nSPS) is 14.8. The number of morpholine rings is 1. The Morgan fingerprint density at radius 1 is 1.10 bits per heavy atom. The Hall–Kier alpha value is -2.24. The number of rotatable bonds is 6. The van der Waals surface area contributed by atoms with Crippen molar-refractivity contribution in [2.24, 2.45) is 0 Å². The third-order valence-electron chi connectivity index (χ3n) is 4.31. The molecule has 12 heteroatoms. The van der Waals surface area contributed by atoms with E-state index >= 15 is 0 Å². The summed E-state index contributed by atoms with van der Waals surface area (Å²) in [6, 6.07) is 7.01. The maximum atomic E-state index is 13.1. The van der Waals surface area contributed by atoms with E-state index in [9.17, 15) is 22.4 Å². The molecule has 0 unspecified atom stereocenters. The number of carbonyl (C=O) groups excluding carboxylic acids is 2. The van der Waals surface area contributed by atoms with Gasteiger partial charge in [0.15, 0.2) is 6.61 Å². The molecule has 0 aliphatic carbocycles. The van der Waals surface area contributed by atoms with Crippen molar-refractivity contribution in [2.45, 2.75) is 4.90 Å². The minimum absolute atomic E-state index is 0.0388. The smallest absolute Gasteiger partial charge is 0.340 e. The summed E-state index contributed by atoms with van der Waals surface area (Å²) in [5.74, 6) is -2.30. The summed E-state index contributed by atoms with van der Waals surface area (Å²) >= 11 is 11.9. The van der Waals surface area contributed by atoms with Gasteiger partial charge in [0.1, 0.15) is 5.82 Å². The molecule has 1 saturated heterocycles. The highest BCUT2D eigenvalue weighted by Gasteiger charge is 2.27. The Labute approximate surface area is 187 Å². The molecule has 1 N–H and O–H groups in total. The molecular weight excluding hydrogens is 474 g/mol. The van der Waals surface area contributed by atoms with Gasteiger partial charge in [-0.25, -0.2) is 17.6 Å². The fourth-order valence-corrected chi connectivity index (χ4v) is 4.59. The van der Waals surface area contributed by atoms with Crippen LogP contribution >= 0.6 is 23.2 Å². The highest BCUT2D eigenvalue weighted by Crippen LogP contribution is 2.27. The number of nitrogens with one attached hydrogen (secondary N) is 1. The number of anilines is 1. The molecule has 0 aromatic heterocycles. The van der Waals surface area contributed by atoms with Crippen LogP contribution in [0.1, 0.15) is 10.4 Å². The van der Waals surface area contributed by atoms with E-state index in [-0.39, 0.29) is 39.3 Å². The van der Waals surface area contributed by atoms with Crippen LogP contribution in [0.4, 0.5) is 10.1 Å². The van der Waals surface area contributed by atoms with Gasteiger partial charge in [0, 0.05) is 13.1 Å². The lowest BCUT2D eigenvalue weighted by atomic mass is 10.2. The minimum Gasteiger partial charge on any atom is -0.452 e. The first-order chi connectivity index (χ1) is 14.7. The molecule has 0 atom stereocenters. The van der Waals surface area contributed by atoms with E-state index in [0.717, 1.165) is 18.2 Å². The molecular formula is C19H17Cl2FN2O6S. The van der Waals surface area contributed by atoms with Crippen molar-refractivity contribution < 1.29 is 31.9 Å².